The molecule has 23 heavy (non-hydrogen) atoms. The summed E-state index contributed by atoms with van der Waals surface area (Å²) in [5.74, 6) is 0.584. The zero-order valence-electron chi connectivity index (χ0n) is 14.0. The molecule has 0 aliphatic rings. The molecule has 0 unspecified atom stereocenters. The SMILES string of the molecule is CC(C)c1ccc(-c2cccc(CCc3ccccc3)c2)cc1. The summed E-state index contributed by atoms with van der Waals surface area (Å²) in [5.41, 5.74) is 6.81. The molecule has 3 aromatic rings. The maximum absolute atomic E-state index is 2.33. The van der Waals surface area contributed by atoms with Crippen LogP contribution in [0, 0.1) is 0 Å². The second-order valence-electron chi connectivity index (χ2n) is 6.46. The van der Waals surface area contributed by atoms with Gasteiger partial charge in [-0.3, -0.25) is 0 Å². The van der Waals surface area contributed by atoms with Crippen molar-refractivity contribution in [1.82, 2.24) is 0 Å². The molecule has 0 atom stereocenters. The number of hydrogen-bond donors (Lipinski definition) is 0. The molecule has 3 aromatic carbocycles. The van der Waals surface area contributed by atoms with E-state index in [4.69, 9.17) is 0 Å². The van der Waals surface area contributed by atoms with Crippen molar-refractivity contribution in [3.8, 4) is 11.1 Å². The second kappa shape index (κ2) is 7.28. The minimum Gasteiger partial charge on any atom is -0.0622 e. The summed E-state index contributed by atoms with van der Waals surface area (Å²) in [5, 5.41) is 0. The fraction of sp³-hybridized carbons (Fsp3) is 0.217. The van der Waals surface area contributed by atoms with E-state index in [2.05, 4.69) is 92.7 Å². The van der Waals surface area contributed by atoms with E-state index in [9.17, 15) is 0 Å². The minimum atomic E-state index is 0.584. The van der Waals surface area contributed by atoms with Gasteiger partial charge >= 0.3 is 0 Å². The average Bonchev–Trinajstić information content (AvgIpc) is 2.61. The van der Waals surface area contributed by atoms with Gasteiger partial charge in [-0.05, 0) is 46.6 Å². The maximum atomic E-state index is 2.33. The van der Waals surface area contributed by atoms with Gasteiger partial charge in [-0.25, -0.2) is 0 Å². The van der Waals surface area contributed by atoms with E-state index in [1.165, 1.54) is 27.8 Å². The smallest absolute Gasteiger partial charge is 0.0181 e. The first-order valence-electron chi connectivity index (χ1n) is 8.45. The van der Waals surface area contributed by atoms with E-state index in [1.807, 2.05) is 0 Å². The van der Waals surface area contributed by atoms with E-state index < -0.39 is 0 Å². The molecule has 0 saturated carbocycles. The quantitative estimate of drug-likeness (QED) is 0.521. The van der Waals surface area contributed by atoms with Gasteiger partial charge in [0.2, 0.25) is 0 Å². The summed E-state index contributed by atoms with van der Waals surface area (Å²) in [6, 6.07) is 28.6. The monoisotopic (exact) mass is 300 g/mol. The molecule has 0 amide bonds. The first-order valence-corrected chi connectivity index (χ1v) is 8.45. The van der Waals surface area contributed by atoms with Gasteiger partial charge in [-0.2, -0.15) is 0 Å². The summed E-state index contributed by atoms with van der Waals surface area (Å²) >= 11 is 0. The highest BCUT2D eigenvalue weighted by Gasteiger charge is 2.02. The van der Waals surface area contributed by atoms with Crippen LogP contribution in [0.15, 0.2) is 78.9 Å². The van der Waals surface area contributed by atoms with Crippen LogP contribution in [-0.2, 0) is 12.8 Å². The van der Waals surface area contributed by atoms with Crippen molar-refractivity contribution in [2.75, 3.05) is 0 Å². The summed E-state index contributed by atoms with van der Waals surface area (Å²) < 4.78 is 0. The van der Waals surface area contributed by atoms with Gasteiger partial charge in [-0.15, -0.1) is 0 Å². The van der Waals surface area contributed by atoms with Crippen molar-refractivity contribution < 1.29 is 0 Å². The van der Waals surface area contributed by atoms with Crippen LogP contribution < -0.4 is 0 Å². The van der Waals surface area contributed by atoms with E-state index in [1.54, 1.807) is 0 Å². The molecule has 0 aromatic heterocycles. The molecule has 0 N–H and O–H groups in total. The summed E-state index contributed by atoms with van der Waals surface area (Å²) in [6.07, 6.45) is 2.18. The van der Waals surface area contributed by atoms with Gasteiger partial charge in [0.25, 0.3) is 0 Å². The molecule has 0 heterocycles. The van der Waals surface area contributed by atoms with Crippen LogP contribution in [0.5, 0.6) is 0 Å². The predicted molar refractivity (Wildman–Crippen MR) is 99.8 cm³/mol. The van der Waals surface area contributed by atoms with E-state index in [0.29, 0.717) is 5.92 Å². The normalized spacial score (nSPS) is 10.9. The fourth-order valence-corrected chi connectivity index (χ4v) is 2.90. The van der Waals surface area contributed by atoms with Gasteiger partial charge in [-0.1, -0.05) is 92.7 Å². The summed E-state index contributed by atoms with van der Waals surface area (Å²) in [7, 11) is 0. The van der Waals surface area contributed by atoms with Crippen LogP contribution in [-0.4, -0.2) is 0 Å². The zero-order chi connectivity index (χ0) is 16.1. The molecule has 0 aliphatic heterocycles. The fourth-order valence-electron chi connectivity index (χ4n) is 2.90. The minimum absolute atomic E-state index is 0.584. The average molecular weight is 300 g/mol. The molecule has 0 radical (unpaired) electrons. The highest BCUT2D eigenvalue weighted by Crippen LogP contribution is 2.24. The van der Waals surface area contributed by atoms with Crippen LogP contribution in [0.3, 0.4) is 0 Å². The Labute approximate surface area is 139 Å². The Kier molecular flexibility index (Phi) is 4.92. The van der Waals surface area contributed by atoms with Crippen LogP contribution in [0.1, 0.15) is 36.5 Å². The largest absolute Gasteiger partial charge is 0.0622 e. The number of hydrogen-bond acceptors (Lipinski definition) is 0. The van der Waals surface area contributed by atoms with Crippen molar-refractivity contribution in [3.05, 3.63) is 95.6 Å². The van der Waals surface area contributed by atoms with Gasteiger partial charge < -0.3 is 0 Å². The number of rotatable bonds is 5. The van der Waals surface area contributed by atoms with Crippen molar-refractivity contribution in [1.29, 1.82) is 0 Å². The first-order chi connectivity index (χ1) is 11.2. The lowest BCUT2D eigenvalue weighted by Gasteiger charge is -2.09. The van der Waals surface area contributed by atoms with Gasteiger partial charge in [0, 0.05) is 0 Å². The predicted octanol–water partition coefficient (Wildman–Crippen LogP) is 6.26. The lowest BCUT2D eigenvalue weighted by molar-refractivity contribution is 0.867. The molecule has 0 nitrogen and oxygen atoms in total. The molecule has 0 spiro atoms. The third-order valence-electron chi connectivity index (χ3n) is 4.38. The Balaban J connectivity index is 1.74. The van der Waals surface area contributed by atoms with Crippen LogP contribution in [0.25, 0.3) is 11.1 Å². The molecular formula is C23H24. The Morgan fingerprint density at radius 2 is 1.26 bits per heavy atom. The third-order valence-corrected chi connectivity index (χ3v) is 4.38. The standard InChI is InChI=1S/C23H24/c1-18(2)21-13-15-22(16-14-21)23-10-6-9-20(17-23)12-11-19-7-4-3-5-8-19/h3-10,13-18H,11-12H2,1-2H3. The van der Waals surface area contributed by atoms with E-state index in [-0.39, 0.29) is 0 Å². The Bertz CT molecular complexity index is 737. The number of aryl methyl sites for hydroxylation is 2. The van der Waals surface area contributed by atoms with Gasteiger partial charge in [0.15, 0.2) is 0 Å². The summed E-state index contributed by atoms with van der Waals surface area (Å²) in [4.78, 5) is 0. The lowest BCUT2D eigenvalue weighted by Crippen LogP contribution is -1.92. The van der Waals surface area contributed by atoms with Crippen molar-refractivity contribution in [3.63, 3.8) is 0 Å². The first kappa shape index (κ1) is 15.6. The lowest BCUT2D eigenvalue weighted by atomic mass is 9.96. The Hall–Kier alpha value is -2.34. The topological polar surface area (TPSA) is 0 Å². The maximum Gasteiger partial charge on any atom is -0.0181 e. The molecule has 0 saturated heterocycles. The van der Waals surface area contributed by atoms with Gasteiger partial charge in [0.1, 0.15) is 0 Å². The molecule has 0 bridgehead atoms. The van der Waals surface area contributed by atoms with Crippen molar-refractivity contribution in [2.24, 2.45) is 0 Å². The molecule has 116 valence electrons. The van der Waals surface area contributed by atoms with Crippen LogP contribution in [0.2, 0.25) is 0 Å². The molecule has 0 aliphatic carbocycles. The number of benzene rings is 3. The van der Waals surface area contributed by atoms with E-state index in [0.717, 1.165) is 12.8 Å². The molecule has 0 heteroatoms. The van der Waals surface area contributed by atoms with Crippen LogP contribution in [0.4, 0.5) is 0 Å². The van der Waals surface area contributed by atoms with E-state index >= 15 is 0 Å². The molecular weight excluding hydrogens is 276 g/mol. The summed E-state index contributed by atoms with van der Waals surface area (Å²) in [6.45, 7) is 4.47. The third kappa shape index (κ3) is 4.10. The molecule has 0 fully saturated rings. The highest BCUT2D eigenvalue weighted by atomic mass is 14.1. The van der Waals surface area contributed by atoms with Crippen molar-refractivity contribution >= 4 is 0 Å². The molecule has 3 rings (SSSR count). The van der Waals surface area contributed by atoms with Crippen LogP contribution >= 0.6 is 0 Å². The second-order valence-corrected chi connectivity index (χ2v) is 6.46. The highest BCUT2D eigenvalue weighted by molar-refractivity contribution is 5.64. The van der Waals surface area contributed by atoms with Gasteiger partial charge in [0.05, 0.1) is 0 Å². The van der Waals surface area contributed by atoms with Crippen molar-refractivity contribution in [2.45, 2.75) is 32.6 Å². The Morgan fingerprint density at radius 3 is 1.96 bits per heavy atom. The Morgan fingerprint density at radius 1 is 0.609 bits per heavy atom. The zero-order valence-corrected chi connectivity index (χ0v) is 14.0.